The van der Waals surface area contributed by atoms with E-state index in [0.717, 1.165) is 35.3 Å². The lowest BCUT2D eigenvalue weighted by molar-refractivity contribution is 0.191. The number of nitrogens with zero attached hydrogens (tertiary/aromatic N) is 3. The number of amides is 2. The number of fused-ring (bicyclic) bond motifs is 1. The molecule has 3 heterocycles. The molecule has 1 aromatic carbocycles. The van der Waals surface area contributed by atoms with Crippen molar-refractivity contribution < 1.29 is 4.79 Å². The lowest BCUT2D eigenvalue weighted by atomic mass is 10.2. The van der Waals surface area contributed by atoms with E-state index in [0.29, 0.717) is 31.0 Å². The number of hydrogen-bond donors (Lipinski definition) is 3. The second-order valence-corrected chi connectivity index (χ2v) is 7.26. The molecule has 0 radical (unpaired) electrons. The lowest BCUT2D eigenvalue weighted by Crippen LogP contribution is -2.40. The predicted molar refractivity (Wildman–Crippen MR) is 106 cm³/mol. The number of likely N-dealkylation sites (tertiary alicyclic amines) is 1. The number of imidazole rings is 1. The van der Waals surface area contributed by atoms with E-state index in [-0.39, 0.29) is 17.6 Å². The van der Waals surface area contributed by atoms with E-state index in [1.54, 1.807) is 6.92 Å². The minimum atomic E-state index is -0.173. The van der Waals surface area contributed by atoms with Crippen LogP contribution in [0, 0.1) is 13.8 Å². The van der Waals surface area contributed by atoms with Crippen molar-refractivity contribution in [1.82, 2.24) is 30.2 Å². The molecule has 2 amide bonds. The third-order valence-corrected chi connectivity index (χ3v) is 5.12. The zero-order valence-corrected chi connectivity index (χ0v) is 16.1. The molecule has 8 nitrogen and oxygen atoms in total. The summed E-state index contributed by atoms with van der Waals surface area (Å²) in [6.45, 7) is 4.93. The van der Waals surface area contributed by atoms with Gasteiger partial charge in [-0.2, -0.15) is 0 Å². The Balaban J connectivity index is 1.43. The molecule has 0 saturated carbocycles. The predicted octanol–water partition coefficient (Wildman–Crippen LogP) is 2.35. The Bertz CT molecular complexity index is 1070. The molecule has 28 heavy (non-hydrogen) atoms. The van der Waals surface area contributed by atoms with Gasteiger partial charge in [0.15, 0.2) is 0 Å². The number of aromatic nitrogens is 4. The van der Waals surface area contributed by atoms with Gasteiger partial charge >= 0.3 is 6.03 Å². The summed E-state index contributed by atoms with van der Waals surface area (Å²) >= 11 is 0. The van der Waals surface area contributed by atoms with Crippen LogP contribution in [0.3, 0.4) is 0 Å². The highest BCUT2D eigenvalue weighted by molar-refractivity contribution is 5.79. The Labute approximate surface area is 162 Å². The minimum absolute atomic E-state index is 0.0521. The summed E-state index contributed by atoms with van der Waals surface area (Å²) in [5.74, 6) is 1.41. The van der Waals surface area contributed by atoms with E-state index >= 15 is 0 Å². The van der Waals surface area contributed by atoms with Crippen LogP contribution in [0.1, 0.15) is 41.8 Å². The van der Waals surface area contributed by atoms with Crippen molar-refractivity contribution in [2.45, 2.75) is 39.2 Å². The highest BCUT2D eigenvalue weighted by atomic mass is 16.2. The van der Waals surface area contributed by atoms with Crippen LogP contribution in [0.15, 0.2) is 29.1 Å². The molecule has 1 atom stereocenters. The SMILES string of the molecule is Cc1cc(=O)[nH]c(CCNC(=O)N2CCC[C@H]2c2nc3c(C)cccc3[nH]2)n1. The van der Waals surface area contributed by atoms with Crippen LogP contribution < -0.4 is 10.9 Å². The first-order valence-electron chi connectivity index (χ1n) is 9.58. The maximum absolute atomic E-state index is 12.7. The van der Waals surface area contributed by atoms with Crippen molar-refractivity contribution in [2.24, 2.45) is 0 Å². The van der Waals surface area contributed by atoms with Crippen molar-refractivity contribution in [2.75, 3.05) is 13.1 Å². The monoisotopic (exact) mass is 380 g/mol. The van der Waals surface area contributed by atoms with Crippen molar-refractivity contribution in [3.63, 3.8) is 0 Å². The normalized spacial score (nSPS) is 16.6. The summed E-state index contributed by atoms with van der Waals surface area (Å²) < 4.78 is 0. The second-order valence-electron chi connectivity index (χ2n) is 7.26. The molecule has 1 fully saturated rings. The highest BCUT2D eigenvalue weighted by Crippen LogP contribution is 2.31. The van der Waals surface area contributed by atoms with Crippen LogP contribution in [0.2, 0.25) is 0 Å². The number of carbonyl (C=O) groups excluding carboxylic acids is 1. The van der Waals surface area contributed by atoms with Gasteiger partial charge in [0.25, 0.3) is 5.56 Å². The van der Waals surface area contributed by atoms with Gasteiger partial charge in [0, 0.05) is 31.3 Å². The molecule has 8 heteroatoms. The molecule has 146 valence electrons. The zero-order valence-electron chi connectivity index (χ0n) is 16.1. The molecule has 0 spiro atoms. The molecule has 4 rings (SSSR count). The summed E-state index contributed by atoms with van der Waals surface area (Å²) in [5.41, 5.74) is 3.57. The Morgan fingerprint density at radius 1 is 1.29 bits per heavy atom. The molecule has 3 N–H and O–H groups in total. The first-order chi connectivity index (χ1) is 13.5. The molecule has 0 unspecified atom stereocenters. The topological polar surface area (TPSA) is 107 Å². The molecule has 1 saturated heterocycles. The van der Waals surface area contributed by atoms with Crippen molar-refractivity contribution >= 4 is 17.1 Å². The fourth-order valence-electron chi connectivity index (χ4n) is 3.80. The number of para-hydroxylation sites is 1. The molecule has 0 bridgehead atoms. The van der Waals surface area contributed by atoms with Gasteiger partial charge in [-0.15, -0.1) is 0 Å². The van der Waals surface area contributed by atoms with E-state index in [1.165, 1.54) is 6.07 Å². The number of benzene rings is 1. The number of nitrogens with one attached hydrogen (secondary N) is 3. The minimum Gasteiger partial charge on any atom is -0.340 e. The van der Waals surface area contributed by atoms with Gasteiger partial charge in [-0.05, 0) is 38.3 Å². The van der Waals surface area contributed by atoms with E-state index in [9.17, 15) is 9.59 Å². The molecule has 3 aromatic rings. The molecule has 1 aliphatic heterocycles. The fourth-order valence-corrected chi connectivity index (χ4v) is 3.80. The molecular formula is C20H24N6O2. The maximum Gasteiger partial charge on any atom is 0.318 e. The van der Waals surface area contributed by atoms with Crippen LogP contribution in [-0.2, 0) is 6.42 Å². The average Bonchev–Trinajstić information content (AvgIpc) is 3.28. The molecule has 0 aliphatic carbocycles. The van der Waals surface area contributed by atoms with Gasteiger partial charge in [-0.3, -0.25) is 4.79 Å². The number of hydrogen-bond acceptors (Lipinski definition) is 4. The highest BCUT2D eigenvalue weighted by Gasteiger charge is 2.32. The van der Waals surface area contributed by atoms with Gasteiger partial charge < -0.3 is 20.2 Å². The van der Waals surface area contributed by atoms with Crippen LogP contribution in [-0.4, -0.2) is 44.0 Å². The number of H-pyrrole nitrogens is 2. The van der Waals surface area contributed by atoms with E-state index in [2.05, 4.69) is 20.3 Å². The summed E-state index contributed by atoms with van der Waals surface area (Å²) in [6, 6.07) is 7.33. The van der Waals surface area contributed by atoms with E-state index in [4.69, 9.17) is 4.98 Å². The smallest absolute Gasteiger partial charge is 0.318 e. The largest absolute Gasteiger partial charge is 0.340 e. The van der Waals surface area contributed by atoms with Crippen molar-refractivity contribution in [1.29, 1.82) is 0 Å². The number of carbonyl (C=O) groups is 1. The standard InChI is InChI=1S/C20H24N6O2/c1-12-5-3-6-14-18(12)25-19(23-14)15-7-4-10-26(15)20(28)21-9-8-16-22-13(2)11-17(27)24-16/h3,5-6,11,15H,4,7-10H2,1-2H3,(H,21,28)(H,23,25)(H,22,24,27)/t15-/m0/s1. The molecule has 1 aliphatic rings. The molecular weight excluding hydrogens is 356 g/mol. The van der Waals surface area contributed by atoms with Crippen LogP contribution in [0.5, 0.6) is 0 Å². The summed E-state index contributed by atoms with van der Waals surface area (Å²) in [4.78, 5) is 41.2. The van der Waals surface area contributed by atoms with Gasteiger partial charge in [0.2, 0.25) is 0 Å². The summed E-state index contributed by atoms with van der Waals surface area (Å²) in [6.07, 6.45) is 2.31. The Hall–Kier alpha value is -3.16. The maximum atomic E-state index is 12.7. The van der Waals surface area contributed by atoms with E-state index < -0.39 is 0 Å². The zero-order chi connectivity index (χ0) is 19.7. The number of aryl methyl sites for hydroxylation is 2. The average molecular weight is 380 g/mol. The third-order valence-electron chi connectivity index (χ3n) is 5.12. The number of rotatable bonds is 4. The van der Waals surface area contributed by atoms with E-state index in [1.807, 2.05) is 30.0 Å². The first kappa shape index (κ1) is 18.2. The summed E-state index contributed by atoms with van der Waals surface area (Å²) in [7, 11) is 0. The Morgan fingerprint density at radius 3 is 2.93 bits per heavy atom. The third kappa shape index (κ3) is 3.62. The van der Waals surface area contributed by atoms with Crippen LogP contribution in [0.25, 0.3) is 11.0 Å². The van der Waals surface area contributed by atoms with Crippen LogP contribution >= 0.6 is 0 Å². The number of aromatic amines is 2. The van der Waals surface area contributed by atoms with Gasteiger partial charge in [0.05, 0.1) is 17.1 Å². The number of urea groups is 1. The second kappa shape index (κ2) is 7.46. The first-order valence-corrected chi connectivity index (χ1v) is 9.58. The van der Waals surface area contributed by atoms with Gasteiger partial charge in [-0.25, -0.2) is 14.8 Å². The Morgan fingerprint density at radius 2 is 2.14 bits per heavy atom. The lowest BCUT2D eigenvalue weighted by Gasteiger charge is -2.23. The fraction of sp³-hybridized carbons (Fsp3) is 0.400. The summed E-state index contributed by atoms with van der Waals surface area (Å²) in [5, 5.41) is 2.94. The molecule has 2 aromatic heterocycles. The van der Waals surface area contributed by atoms with Crippen molar-refractivity contribution in [3.8, 4) is 0 Å². The van der Waals surface area contributed by atoms with Crippen molar-refractivity contribution in [3.05, 3.63) is 57.5 Å². The van der Waals surface area contributed by atoms with Gasteiger partial charge in [0.1, 0.15) is 11.6 Å². The van der Waals surface area contributed by atoms with Crippen LogP contribution in [0.4, 0.5) is 4.79 Å². The quantitative estimate of drug-likeness (QED) is 0.646. The Kier molecular flexibility index (Phi) is 4.85. The van der Waals surface area contributed by atoms with Gasteiger partial charge in [-0.1, -0.05) is 12.1 Å².